The molecule has 28 heavy (non-hydrogen) atoms. The number of nitrogens with zero attached hydrogens (tertiary/aromatic N) is 1. The first kappa shape index (κ1) is 20.9. The third-order valence-electron chi connectivity index (χ3n) is 4.89. The first-order valence-electron chi connectivity index (χ1n) is 8.54. The smallest absolute Gasteiger partial charge is 0.330 e. The molecule has 0 spiro atoms. The first-order chi connectivity index (χ1) is 13.1. The number of aliphatic hydroxyl groups is 1. The van der Waals surface area contributed by atoms with Crippen LogP contribution in [-0.2, 0) is 14.3 Å². The monoisotopic (exact) mass is 469 g/mol. The molecule has 0 bridgehead atoms. The zero-order chi connectivity index (χ0) is 20.9. The van der Waals surface area contributed by atoms with E-state index in [9.17, 15) is 24.6 Å². The number of Topliss-reactive ketones (excluding diaryl/α,β-unsaturated/α-hetero) is 1. The van der Waals surface area contributed by atoms with Crippen LogP contribution in [-0.4, -0.2) is 66.0 Å². The van der Waals surface area contributed by atoms with Gasteiger partial charge in [0.25, 0.3) is 0 Å². The Bertz CT molecular complexity index is 841. The predicted molar refractivity (Wildman–Crippen MR) is 107 cm³/mol. The molecule has 0 radical (unpaired) electrons. The highest BCUT2D eigenvalue weighted by atomic mass is 79.9. The lowest BCUT2D eigenvalue weighted by Crippen LogP contribution is -2.75. The summed E-state index contributed by atoms with van der Waals surface area (Å²) in [5, 5.41) is 19.5. The van der Waals surface area contributed by atoms with Crippen molar-refractivity contribution in [3.63, 3.8) is 0 Å². The number of ether oxygens (including phenoxy) is 1. The number of alkyl halides is 1. The zero-order valence-corrected chi connectivity index (χ0v) is 17.7. The van der Waals surface area contributed by atoms with Gasteiger partial charge in [-0.15, -0.1) is 11.8 Å². The molecule has 7 nitrogen and oxygen atoms in total. The molecule has 0 aromatic heterocycles. The minimum absolute atomic E-state index is 0.0144. The molecule has 1 aromatic carbocycles. The Morgan fingerprint density at radius 1 is 1.39 bits per heavy atom. The fourth-order valence-electron chi connectivity index (χ4n) is 3.47. The van der Waals surface area contributed by atoms with Gasteiger partial charge in [-0.2, -0.15) is 0 Å². The van der Waals surface area contributed by atoms with Crippen molar-refractivity contribution in [3.05, 3.63) is 42.5 Å². The molecule has 3 rings (SSSR count). The summed E-state index contributed by atoms with van der Waals surface area (Å²) in [5.74, 6) is -1.77. The molecule has 0 saturated carbocycles. The number of halogens is 1. The van der Waals surface area contributed by atoms with E-state index in [-0.39, 0.29) is 17.9 Å². The summed E-state index contributed by atoms with van der Waals surface area (Å²) in [7, 11) is 0. The quantitative estimate of drug-likeness (QED) is 0.215. The molecule has 1 aromatic rings. The van der Waals surface area contributed by atoms with Crippen LogP contribution in [0.25, 0.3) is 0 Å². The van der Waals surface area contributed by atoms with Crippen molar-refractivity contribution in [1.29, 1.82) is 0 Å². The van der Waals surface area contributed by atoms with Crippen molar-refractivity contribution in [2.24, 2.45) is 0 Å². The standard InChI is InChI=1S/C19H20BrNO6S/c1-4-9-27-15(25)13-18(2,3)28-17-19(20,16(26)21(13)17)14(24)12(23)10-5-7-11(22)8-6-10/h4-8,13-14,17,22,24H,1,9H2,2-3H3/t13-,14+,17+,19-/m0/s1. The highest BCUT2D eigenvalue weighted by molar-refractivity contribution is 9.10. The lowest BCUT2D eigenvalue weighted by molar-refractivity contribution is -0.166. The van der Waals surface area contributed by atoms with Crippen LogP contribution in [0.15, 0.2) is 36.9 Å². The predicted octanol–water partition coefficient (Wildman–Crippen LogP) is 1.86. The second kappa shape index (κ2) is 7.20. The number of aliphatic hydroxyl groups excluding tert-OH is 1. The van der Waals surface area contributed by atoms with Gasteiger partial charge in [-0.1, -0.05) is 28.6 Å². The molecule has 0 unspecified atom stereocenters. The molecular weight excluding hydrogens is 450 g/mol. The topological polar surface area (TPSA) is 104 Å². The van der Waals surface area contributed by atoms with Gasteiger partial charge in [0, 0.05) is 10.3 Å². The average Bonchev–Trinajstić information content (AvgIpc) is 2.94. The van der Waals surface area contributed by atoms with Crippen LogP contribution in [0.2, 0.25) is 0 Å². The number of esters is 1. The van der Waals surface area contributed by atoms with E-state index in [0.717, 1.165) is 0 Å². The van der Waals surface area contributed by atoms with Crippen molar-refractivity contribution >= 4 is 45.4 Å². The normalized spacial score (nSPS) is 28.9. The van der Waals surface area contributed by atoms with Gasteiger partial charge < -0.3 is 19.8 Å². The summed E-state index contributed by atoms with van der Waals surface area (Å²) in [4.78, 5) is 39.5. The second-order valence-corrected chi connectivity index (χ2v) is 10.2. The number of hydrogen-bond donors (Lipinski definition) is 2. The second-order valence-electron chi connectivity index (χ2n) is 7.19. The van der Waals surface area contributed by atoms with E-state index in [1.54, 1.807) is 0 Å². The maximum atomic E-state index is 13.0. The lowest BCUT2D eigenvalue weighted by atomic mass is 9.84. The highest BCUT2D eigenvalue weighted by Gasteiger charge is 2.74. The van der Waals surface area contributed by atoms with Crippen molar-refractivity contribution in [1.82, 2.24) is 4.90 Å². The minimum Gasteiger partial charge on any atom is -0.508 e. The average molecular weight is 470 g/mol. The van der Waals surface area contributed by atoms with Gasteiger partial charge in [0.2, 0.25) is 5.91 Å². The molecule has 2 fully saturated rings. The van der Waals surface area contributed by atoms with E-state index >= 15 is 0 Å². The number of carbonyl (C=O) groups excluding carboxylic acids is 3. The van der Waals surface area contributed by atoms with Gasteiger partial charge in [-0.25, -0.2) is 4.79 Å². The number of fused-ring (bicyclic) bond motifs is 1. The number of rotatable bonds is 6. The molecule has 150 valence electrons. The number of benzene rings is 1. The molecule has 1 amide bonds. The van der Waals surface area contributed by atoms with Gasteiger partial charge in [0.15, 0.2) is 10.1 Å². The Morgan fingerprint density at radius 3 is 2.57 bits per heavy atom. The van der Waals surface area contributed by atoms with Crippen LogP contribution >= 0.6 is 27.7 Å². The van der Waals surface area contributed by atoms with E-state index in [4.69, 9.17) is 4.74 Å². The van der Waals surface area contributed by atoms with Crippen LogP contribution in [0.4, 0.5) is 0 Å². The maximum absolute atomic E-state index is 13.0. The van der Waals surface area contributed by atoms with Crippen LogP contribution in [0.1, 0.15) is 24.2 Å². The molecule has 9 heteroatoms. The Labute approximate surface area is 174 Å². The molecule has 2 aliphatic rings. The Kier molecular flexibility index (Phi) is 5.37. The number of phenols is 1. The van der Waals surface area contributed by atoms with Crippen LogP contribution < -0.4 is 0 Å². The molecular formula is C19H20BrNO6S. The zero-order valence-electron chi connectivity index (χ0n) is 15.3. The lowest BCUT2D eigenvalue weighted by Gasteiger charge is -2.51. The summed E-state index contributed by atoms with van der Waals surface area (Å²) in [6.45, 7) is 7.15. The SMILES string of the molecule is C=CCOC(=O)[C@@H]1N2C(=O)[C@@](Br)([C@H](O)C(=O)c3ccc(O)cc3)[C@H]2SC1(C)C. The van der Waals surface area contributed by atoms with E-state index < -0.39 is 44.3 Å². The van der Waals surface area contributed by atoms with Crippen LogP contribution in [0, 0.1) is 0 Å². The van der Waals surface area contributed by atoms with Crippen LogP contribution in [0.3, 0.4) is 0 Å². The van der Waals surface area contributed by atoms with Gasteiger partial charge in [-0.3, -0.25) is 9.59 Å². The van der Waals surface area contributed by atoms with Gasteiger partial charge in [0.1, 0.15) is 29.9 Å². The number of thioether (sulfide) groups is 1. The summed E-state index contributed by atoms with van der Waals surface area (Å²) in [6, 6.07) is 4.57. The van der Waals surface area contributed by atoms with Gasteiger partial charge in [0.05, 0.1) is 0 Å². The number of β-lactam (4-membered cyclic amide) rings is 1. The van der Waals surface area contributed by atoms with Gasteiger partial charge >= 0.3 is 5.97 Å². The largest absolute Gasteiger partial charge is 0.508 e. The fraction of sp³-hybridized carbons (Fsp3) is 0.421. The van der Waals surface area contributed by atoms with Crippen molar-refractivity contribution < 1.29 is 29.3 Å². The number of amides is 1. The third-order valence-corrected chi connectivity index (χ3v) is 8.05. The Balaban J connectivity index is 1.86. The van der Waals surface area contributed by atoms with Crippen LogP contribution in [0.5, 0.6) is 5.75 Å². The molecule has 4 atom stereocenters. The van der Waals surface area contributed by atoms with E-state index in [1.165, 1.54) is 47.0 Å². The molecule has 2 heterocycles. The Hall–Kier alpha value is -1.84. The van der Waals surface area contributed by atoms with E-state index in [2.05, 4.69) is 22.5 Å². The first-order valence-corrected chi connectivity index (χ1v) is 10.2. The highest BCUT2D eigenvalue weighted by Crippen LogP contribution is 2.59. The molecule has 2 saturated heterocycles. The van der Waals surface area contributed by atoms with Crippen molar-refractivity contribution in [3.8, 4) is 5.75 Å². The number of hydrogen-bond acceptors (Lipinski definition) is 7. The minimum atomic E-state index is -1.66. The number of ketones is 1. The van der Waals surface area contributed by atoms with Gasteiger partial charge in [-0.05, 0) is 38.1 Å². The maximum Gasteiger partial charge on any atom is 0.330 e. The third kappa shape index (κ3) is 3.05. The fourth-order valence-corrected chi connectivity index (χ4v) is 6.03. The van der Waals surface area contributed by atoms with Crippen molar-refractivity contribution in [2.45, 2.75) is 40.4 Å². The van der Waals surface area contributed by atoms with E-state index in [0.29, 0.717) is 0 Å². The number of aromatic hydroxyl groups is 1. The van der Waals surface area contributed by atoms with E-state index in [1.807, 2.05) is 13.8 Å². The molecule has 0 aliphatic carbocycles. The molecule has 2 aliphatic heterocycles. The number of phenolic OH excluding ortho intramolecular Hbond substituents is 1. The summed E-state index contributed by atoms with van der Waals surface area (Å²) >= 11 is 4.62. The molecule has 2 N–H and O–H groups in total. The van der Waals surface area contributed by atoms with Crippen molar-refractivity contribution in [2.75, 3.05) is 6.61 Å². The Morgan fingerprint density at radius 2 is 2.00 bits per heavy atom. The summed E-state index contributed by atoms with van der Waals surface area (Å²) in [5.41, 5.74) is 0.166. The summed E-state index contributed by atoms with van der Waals surface area (Å²) < 4.78 is 2.92. The summed E-state index contributed by atoms with van der Waals surface area (Å²) in [6.07, 6.45) is -0.214. The number of carbonyl (C=O) groups is 3.